The zero-order valence-electron chi connectivity index (χ0n) is 14.7. The molecule has 0 bridgehead atoms. The molecule has 0 saturated heterocycles. The zero-order chi connectivity index (χ0) is 18.4. The quantitative estimate of drug-likeness (QED) is 0.590. The summed E-state index contributed by atoms with van der Waals surface area (Å²) in [5, 5.41) is 7.00. The van der Waals surface area contributed by atoms with E-state index in [0.29, 0.717) is 5.30 Å². The van der Waals surface area contributed by atoms with Crippen LogP contribution in [-0.2, 0) is 4.57 Å². The predicted molar refractivity (Wildman–Crippen MR) is 107 cm³/mol. The SMILES string of the molecule is COc1ccc(NP(=O)(Nc2ccc(OC)cc2)c2ccccc2)cc1. The first-order valence-electron chi connectivity index (χ1n) is 8.13. The Labute approximate surface area is 153 Å². The Morgan fingerprint density at radius 1 is 0.654 bits per heavy atom. The highest BCUT2D eigenvalue weighted by Crippen LogP contribution is 2.44. The minimum atomic E-state index is -3.14. The maximum absolute atomic E-state index is 13.8. The lowest BCUT2D eigenvalue weighted by molar-refractivity contribution is 0.415. The average Bonchev–Trinajstić information content (AvgIpc) is 2.70. The molecule has 6 heteroatoms. The Bertz CT molecular complexity index is 828. The van der Waals surface area contributed by atoms with Gasteiger partial charge in [-0.05, 0) is 60.7 Å². The molecule has 0 radical (unpaired) electrons. The van der Waals surface area contributed by atoms with Crippen LogP contribution in [0.25, 0.3) is 0 Å². The summed E-state index contributed by atoms with van der Waals surface area (Å²) in [5.41, 5.74) is 1.47. The lowest BCUT2D eigenvalue weighted by atomic mass is 10.3. The molecule has 0 aliphatic rings. The van der Waals surface area contributed by atoms with Gasteiger partial charge in [-0.1, -0.05) is 18.2 Å². The van der Waals surface area contributed by atoms with Crippen molar-refractivity contribution in [3.63, 3.8) is 0 Å². The molecule has 0 heterocycles. The summed E-state index contributed by atoms with van der Waals surface area (Å²) in [6, 6.07) is 24.0. The molecule has 0 atom stereocenters. The smallest absolute Gasteiger partial charge is 0.287 e. The number of ether oxygens (including phenoxy) is 2. The van der Waals surface area contributed by atoms with E-state index in [4.69, 9.17) is 9.47 Å². The van der Waals surface area contributed by atoms with Crippen LogP contribution in [0.2, 0.25) is 0 Å². The molecule has 0 saturated carbocycles. The molecule has 0 aliphatic heterocycles. The van der Waals surface area contributed by atoms with Crippen LogP contribution in [0.5, 0.6) is 11.5 Å². The van der Waals surface area contributed by atoms with E-state index in [2.05, 4.69) is 10.2 Å². The summed E-state index contributed by atoms with van der Waals surface area (Å²) in [4.78, 5) is 0. The van der Waals surface area contributed by atoms with Gasteiger partial charge in [0.25, 0.3) is 7.44 Å². The highest BCUT2D eigenvalue weighted by molar-refractivity contribution is 7.74. The van der Waals surface area contributed by atoms with Crippen LogP contribution in [0.1, 0.15) is 0 Å². The van der Waals surface area contributed by atoms with Gasteiger partial charge in [0.05, 0.1) is 19.5 Å². The zero-order valence-corrected chi connectivity index (χ0v) is 15.6. The molecule has 0 amide bonds. The van der Waals surface area contributed by atoms with Crippen LogP contribution in [-0.4, -0.2) is 14.2 Å². The Morgan fingerprint density at radius 2 is 1.08 bits per heavy atom. The maximum Gasteiger partial charge on any atom is 0.287 e. The van der Waals surface area contributed by atoms with Crippen molar-refractivity contribution in [3.8, 4) is 11.5 Å². The van der Waals surface area contributed by atoms with E-state index in [9.17, 15) is 4.57 Å². The second-order valence-electron chi connectivity index (χ2n) is 5.63. The number of methoxy groups -OCH3 is 2. The van der Waals surface area contributed by atoms with Gasteiger partial charge in [0.2, 0.25) is 0 Å². The number of nitrogens with one attached hydrogen (secondary N) is 2. The molecule has 3 rings (SSSR count). The van der Waals surface area contributed by atoms with Gasteiger partial charge in [0.15, 0.2) is 0 Å². The Morgan fingerprint density at radius 3 is 1.46 bits per heavy atom. The van der Waals surface area contributed by atoms with Crippen molar-refractivity contribution in [3.05, 3.63) is 78.9 Å². The second kappa shape index (κ2) is 7.98. The fraction of sp³-hybridized carbons (Fsp3) is 0.100. The van der Waals surface area contributed by atoms with E-state index in [0.717, 1.165) is 22.9 Å². The molecular formula is C20H21N2O3P. The fourth-order valence-electron chi connectivity index (χ4n) is 2.49. The van der Waals surface area contributed by atoms with Crippen molar-refractivity contribution >= 4 is 24.1 Å². The van der Waals surface area contributed by atoms with Crippen LogP contribution in [0.3, 0.4) is 0 Å². The molecule has 3 aromatic carbocycles. The van der Waals surface area contributed by atoms with E-state index in [1.807, 2.05) is 78.9 Å². The first-order valence-corrected chi connectivity index (χ1v) is 9.84. The van der Waals surface area contributed by atoms with Crippen molar-refractivity contribution in [2.75, 3.05) is 24.4 Å². The Hall–Kier alpha value is -2.91. The van der Waals surface area contributed by atoms with Gasteiger partial charge in [0, 0.05) is 11.4 Å². The van der Waals surface area contributed by atoms with Crippen molar-refractivity contribution in [2.45, 2.75) is 0 Å². The monoisotopic (exact) mass is 368 g/mol. The first kappa shape index (κ1) is 17.9. The van der Waals surface area contributed by atoms with Crippen LogP contribution in [0, 0.1) is 0 Å². The Balaban J connectivity index is 1.91. The molecule has 0 fully saturated rings. The number of hydrogen-bond donors (Lipinski definition) is 2. The normalized spacial score (nSPS) is 10.8. The molecule has 0 aliphatic carbocycles. The number of hydrogen-bond acceptors (Lipinski definition) is 3. The number of benzene rings is 3. The standard InChI is InChI=1S/C20H21N2O3P/c1-24-18-12-8-16(9-13-18)21-26(23,20-6-4-3-5-7-20)22-17-10-14-19(25-2)15-11-17/h3-15H,1-2H3,(H2,21,22,23). The molecule has 3 aromatic rings. The van der Waals surface area contributed by atoms with Gasteiger partial charge in [-0.3, -0.25) is 4.57 Å². The van der Waals surface area contributed by atoms with Gasteiger partial charge in [-0.25, -0.2) is 0 Å². The van der Waals surface area contributed by atoms with E-state index in [1.165, 1.54) is 0 Å². The summed E-state index contributed by atoms with van der Waals surface area (Å²) in [7, 11) is 0.0829. The largest absolute Gasteiger partial charge is 0.497 e. The molecule has 0 aromatic heterocycles. The van der Waals surface area contributed by atoms with Crippen LogP contribution in [0.15, 0.2) is 78.9 Å². The summed E-state index contributed by atoms with van der Waals surface area (Å²) in [5.74, 6) is 1.49. The Kier molecular flexibility index (Phi) is 5.49. The molecule has 0 spiro atoms. The summed E-state index contributed by atoms with van der Waals surface area (Å²) >= 11 is 0. The van der Waals surface area contributed by atoms with E-state index in [-0.39, 0.29) is 0 Å². The van der Waals surface area contributed by atoms with Crippen LogP contribution in [0.4, 0.5) is 11.4 Å². The van der Waals surface area contributed by atoms with Gasteiger partial charge in [-0.15, -0.1) is 0 Å². The predicted octanol–water partition coefficient (Wildman–Crippen LogP) is 4.75. The molecule has 2 N–H and O–H groups in total. The third kappa shape index (κ3) is 4.19. The minimum absolute atomic E-state index is 0.687. The van der Waals surface area contributed by atoms with Crippen LogP contribution < -0.4 is 25.0 Å². The summed E-state index contributed by atoms with van der Waals surface area (Å²) in [6.45, 7) is 0. The molecule has 134 valence electrons. The fourth-order valence-corrected chi connectivity index (χ4v) is 4.42. The number of anilines is 2. The van der Waals surface area contributed by atoms with Gasteiger partial charge >= 0.3 is 0 Å². The molecule has 0 unspecified atom stereocenters. The third-order valence-corrected chi connectivity index (χ3v) is 6.04. The lowest BCUT2D eigenvalue weighted by Crippen LogP contribution is -2.18. The highest BCUT2D eigenvalue weighted by atomic mass is 31.2. The molecule has 26 heavy (non-hydrogen) atoms. The topological polar surface area (TPSA) is 59.6 Å². The van der Waals surface area contributed by atoms with Crippen molar-refractivity contribution in [2.24, 2.45) is 0 Å². The first-order chi connectivity index (χ1) is 12.6. The summed E-state index contributed by atoms with van der Waals surface area (Å²) < 4.78 is 24.1. The lowest BCUT2D eigenvalue weighted by Gasteiger charge is -2.23. The molecule has 5 nitrogen and oxygen atoms in total. The van der Waals surface area contributed by atoms with Crippen LogP contribution >= 0.6 is 7.44 Å². The third-order valence-electron chi connectivity index (χ3n) is 3.87. The average molecular weight is 368 g/mol. The summed E-state index contributed by atoms with van der Waals surface area (Å²) in [6.07, 6.45) is 0. The van der Waals surface area contributed by atoms with E-state index < -0.39 is 7.44 Å². The second-order valence-corrected chi connectivity index (χ2v) is 7.81. The van der Waals surface area contributed by atoms with Crippen molar-refractivity contribution in [1.29, 1.82) is 0 Å². The van der Waals surface area contributed by atoms with Gasteiger partial charge in [0.1, 0.15) is 11.5 Å². The van der Waals surface area contributed by atoms with Gasteiger partial charge in [-0.2, -0.15) is 0 Å². The van der Waals surface area contributed by atoms with Gasteiger partial charge < -0.3 is 19.6 Å². The van der Waals surface area contributed by atoms with E-state index in [1.54, 1.807) is 14.2 Å². The maximum atomic E-state index is 13.8. The minimum Gasteiger partial charge on any atom is -0.497 e. The van der Waals surface area contributed by atoms with Crippen molar-refractivity contribution in [1.82, 2.24) is 0 Å². The van der Waals surface area contributed by atoms with Crippen molar-refractivity contribution < 1.29 is 14.0 Å². The highest BCUT2D eigenvalue weighted by Gasteiger charge is 2.24. The van der Waals surface area contributed by atoms with E-state index >= 15 is 0 Å². The number of rotatable bonds is 7. The molecular weight excluding hydrogens is 347 g/mol.